The number of nitrogens with zero attached hydrogens (tertiary/aromatic N) is 3. The Hall–Kier alpha value is -0.650. The summed E-state index contributed by atoms with van der Waals surface area (Å²) in [6, 6.07) is -0.0508. The molecule has 2 rings (SSSR count). The summed E-state index contributed by atoms with van der Waals surface area (Å²) in [6.07, 6.45) is 2.92. The van der Waals surface area contributed by atoms with Crippen LogP contribution in [0.25, 0.3) is 0 Å². The van der Waals surface area contributed by atoms with E-state index in [9.17, 15) is 4.79 Å². The molecule has 0 bridgehead atoms. The van der Waals surface area contributed by atoms with E-state index in [2.05, 4.69) is 16.8 Å². The Morgan fingerprint density at radius 1 is 1.24 bits per heavy atom. The molecule has 5 heteroatoms. The van der Waals surface area contributed by atoms with Crippen molar-refractivity contribution >= 4 is 5.91 Å². The first-order valence-corrected chi connectivity index (χ1v) is 8.34. The molecule has 0 N–H and O–H groups in total. The molecular formula is C16H31N3O2. The summed E-state index contributed by atoms with van der Waals surface area (Å²) >= 11 is 0. The molecule has 0 saturated carbocycles. The van der Waals surface area contributed by atoms with Crippen molar-refractivity contribution in [1.29, 1.82) is 0 Å². The maximum absolute atomic E-state index is 12.6. The lowest BCUT2D eigenvalue weighted by atomic mass is 10.2. The van der Waals surface area contributed by atoms with Crippen molar-refractivity contribution in [3.05, 3.63) is 0 Å². The fourth-order valence-corrected chi connectivity index (χ4v) is 3.31. The third-order valence-corrected chi connectivity index (χ3v) is 4.72. The molecule has 2 aliphatic heterocycles. The Labute approximate surface area is 129 Å². The van der Waals surface area contributed by atoms with Gasteiger partial charge in [-0.15, -0.1) is 0 Å². The minimum atomic E-state index is -0.0508. The van der Waals surface area contributed by atoms with Gasteiger partial charge in [0.05, 0.1) is 18.2 Å². The molecule has 0 spiro atoms. The van der Waals surface area contributed by atoms with Crippen LogP contribution < -0.4 is 0 Å². The molecule has 122 valence electrons. The summed E-state index contributed by atoms with van der Waals surface area (Å²) in [7, 11) is 2.06. The quantitative estimate of drug-likeness (QED) is 0.760. The molecule has 2 heterocycles. The molecular weight excluding hydrogens is 266 g/mol. The fourth-order valence-electron chi connectivity index (χ4n) is 3.31. The van der Waals surface area contributed by atoms with E-state index in [0.29, 0.717) is 13.1 Å². The second kappa shape index (κ2) is 7.56. The van der Waals surface area contributed by atoms with E-state index < -0.39 is 0 Å². The Balaban J connectivity index is 1.79. The third-order valence-electron chi connectivity index (χ3n) is 4.72. The number of rotatable bonds is 5. The van der Waals surface area contributed by atoms with Gasteiger partial charge in [-0.25, -0.2) is 0 Å². The SMILES string of the molecule is C[C@@H]1CN(C(=O)[C@H](C)N(C)CCN2CCCC2)C[C@@H](C)O1. The van der Waals surface area contributed by atoms with Crippen LogP contribution in [0.3, 0.4) is 0 Å². The minimum Gasteiger partial charge on any atom is -0.372 e. The van der Waals surface area contributed by atoms with Crippen molar-refractivity contribution < 1.29 is 9.53 Å². The highest BCUT2D eigenvalue weighted by Gasteiger charge is 2.30. The van der Waals surface area contributed by atoms with E-state index in [0.717, 1.165) is 13.1 Å². The van der Waals surface area contributed by atoms with Crippen LogP contribution in [-0.2, 0) is 9.53 Å². The Morgan fingerprint density at radius 3 is 2.38 bits per heavy atom. The highest BCUT2D eigenvalue weighted by atomic mass is 16.5. The van der Waals surface area contributed by atoms with Crippen LogP contribution in [0.15, 0.2) is 0 Å². The molecule has 5 nitrogen and oxygen atoms in total. The van der Waals surface area contributed by atoms with Crippen LogP contribution in [0.2, 0.25) is 0 Å². The molecule has 21 heavy (non-hydrogen) atoms. The molecule has 2 saturated heterocycles. The van der Waals surface area contributed by atoms with Crippen LogP contribution in [0.4, 0.5) is 0 Å². The zero-order valence-electron chi connectivity index (χ0n) is 14.0. The first-order chi connectivity index (χ1) is 9.97. The van der Waals surface area contributed by atoms with Gasteiger partial charge < -0.3 is 14.5 Å². The average Bonchev–Trinajstić information content (AvgIpc) is 2.95. The van der Waals surface area contributed by atoms with Crippen LogP contribution in [-0.4, -0.2) is 85.2 Å². The van der Waals surface area contributed by atoms with E-state index in [-0.39, 0.29) is 24.2 Å². The number of morpholine rings is 1. The van der Waals surface area contributed by atoms with Gasteiger partial charge in [0.1, 0.15) is 0 Å². The first-order valence-electron chi connectivity index (χ1n) is 8.34. The van der Waals surface area contributed by atoms with Gasteiger partial charge in [-0.2, -0.15) is 0 Å². The van der Waals surface area contributed by atoms with E-state index in [1.54, 1.807) is 0 Å². The van der Waals surface area contributed by atoms with E-state index in [4.69, 9.17) is 4.74 Å². The maximum Gasteiger partial charge on any atom is 0.239 e. The summed E-state index contributed by atoms with van der Waals surface area (Å²) in [6.45, 7) is 12.0. The molecule has 1 amide bonds. The zero-order chi connectivity index (χ0) is 15.4. The topological polar surface area (TPSA) is 36.0 Å². The molecule has 3 atom stereocenters. The van der Waals surface area contributed by atoms with Gasteiger partial charge in [0.25, 0.3) is 0 Å². The van der Waals surface area contributed by atoms with Crippen LogP contribution >= 0.6 is 0 Å². The third kappa shape index (κ3) is 4.66. The van der Waals surface area contributed by atoms with Crippen molar-refractivity contribution in [2.75, 3.05) is 46.3 Å². The fraction of sp³-hybridized carbons (Fsp3) is 0.938. The number of amides is 1. The van der Waals surface area contributed by atoms with Crippen LogP contribution in [0.1, 0.15) is 33.6 Å². The number of ether oxygens (including phenoxy) is 1. The van der Waals surface area contributed by atoms with Gasteiger partial charge >= 0.3 is 0 Å². The molecule has 0 aromatic carbocycles. The molecule has 0 unspecified atom stereocenters. The number of likely N-dealkylation sites (N-methyl/N-ethyl adjacent to an activating group) is 1. The van der Waals surface area contributed by atoms with E-state index in [1.807, 2.05) is 25.7 Å². The lowest BCUT2D eigenvalue weighted by molar-refractivity contribution is -0.147. The van der Waals surface area contributed by atoms with Gasteiger partial charge in [0.15, 0.2) is 0 Å². The number of carbonyl (C=O) groups is 1. The highest BCUT2D eigenvalue weighted by molar-refractivity contribution is 5.81. The summed E-state index contributed by atoms with van der Waals surface area (Å²) in [5.41, 5.74) is 0. The predicted octanol–water partition coefficient (Wildman–Crippen LogP) is 1.04. The number of likely N-dealkylation sites (tertiary alicyclic amines) is 1. The molecule has 2 fully saturated rings. The monoisotopic (exact) mass is 297 g/mol. The summed E-state index contributed by atoms with van der Waals surface area (Å²) in [5.74, 6) is 0.237. The van der Waals surface area contributed by atoms with Gasteiger partial charge in [-0.3, -0.25) is 9.69 Å². The summed E-state index contributed by atoms with van der Waals surface area (Å²) < 4.78 is 5.71. The molecule has 0 radical (unpaired) electrons. The number of carbonyl (C=O) groups excluding carboxylic acids is 1. The first kappa shape index (κ1) is 16.7. The van der Waals surface area contributed by atoms with Crippen molar-refractivity contribution in [3.8, 4) is 0 Å². The average molecular weight is 297 g/mol. The van der Waals surface area contributed by atoms with Crippen LogP contribution in [0, 0.1) is 0 Å². The molecule has 2 aliphatic rings. The van der Waals surface area contributed by atoms with E-state index >= 15 is 0 Å². The second-order valence-electron chi connectivity index (χ2n) is 6.71. The highest BCUT2D eigenvalue weighted by Crippen LogP contribution is 2.13. The smallest absolute Gasteiger partial charge is 0.239 e. The van der Waals surface area contributed by atoms with Crippen LogP contribution in [0.5, 0.6) is 0 Å². The molecule has 0 aromatic rings. The van der Waals surface area contributed by atoms with Crippen molar-refractivity contribution in [3.63, 3.8) is 0 Å². The Morgan fingerprint density at radius 2 is 1.81 bits per heavy atom. The number of hydrogen-bond donors (Lipinski definition) is 0. The minimum absolute atomic E-state index is 0.0508. The van der Waals surface area contributed by atoms with Crippen molar-refractivity contribution in [2.45, 2.75) is 51.9 Å². The van der Waals surface area contributed by atoms with Crippen molar-refractivity contribution in [2.24, 2.45) is 0 Å². The zero-order valence-corrected chi connectivity index (χ0v) is 14.0. The second-order valence-corrected chi connectivity index (χ2v) is 6.71. The molecule has 0 aliphatic carbocycles. The summed E-state index contributed by atoms with van der Waals surface area (Å²) in [4.78, 5) is 19.3. The largest absolute Gasteiger partial charge is 0.372 e. The van der Waals surface area contributed by atoms with Gasteiger partial charge in [0, 0.05) is 26.2 Å². The lowest BCUT2D eigenvalue weighted by Gasteiger charge is -2.38. The van der Waals surface area contributed by atoms with Gasteiger partial charge in [-0.05, 0) is 53.8 Å². The normalized spacial score (nSPS) is 29.1. The predicted molar refractivity (Wildman–Crippen MR) is 84.4 cm³/mol. The van der Waals surface area contributed by atoms with Crippen molar-refractivity contribution in [1.82, 2.24) is 14.7 Å². The van der Waals surface area contributed by atoms with Gasteiger partial charge in [-0.1, -0.05) is 0 Å². The number of hydrogen-bond acceptors (Lipinski definition) is 4. The Kier molecular flexibility index (Phi) is 6.02. The standard InChI is InChI=1S/C16H31N3O2/c1-13-11-19(12-14(2)21-13)16(20)15(3)17(4)9-10-18-7-5-6-8-18/h13-15H,5-12H2,1-4H3/t13-,14-,15+/m1/s1. The summed E-state index contributed by atoms with van der Waals surface area (Å²) in [5, 5.41) is 0. The lowest BCUT2D eigenvalue weighted by Crippen LogP contribution is -2.54. The van der Waals surface area contributed by atoms with Gasteiger partial charge in [0.2, 0.25) is 5.91 Å². The maximum atomic E-state index is 12.6. The van der Waals surface area contributed by atoms with E-state index in [1.165, 1.54) is 25.9 Å². The molecule has 0 aromatic heterocycles. The Bertz CT molecular complexity index is 334.